The van der Waals surface area contributed by atoms with E-state index >= 15 is 0 Å². The summed E-state index contributed by atoms with van der Waals surface area (Å²) in [4.78, 5) is 10.2. The third kappa shape index (κ3) is 2.45. The van der Waals surface area contributed by atoms with Gasteiger partial charge in [0.2, 0.25) is 0 Å². The maximum Gasteiger partial charge on any atom is 0.269 e. The van der Waals surface area contributed by atoms with Crippen molar-refractivity contribution in [1.82, 2.24) is 14.8 Å². The standard InChI is InChI=1S/C12H14N4O3/c1-8(2)15-11(7-17)13-14-12(15)9-3-5-10(6-4-9)16(18)19/h3-6,8,17H,7H2,1-2H3. The van der Waals surface area contributed by atoms with Crippen molar-refractivity contribution in [3.8, 4) is 11.4 Å². The molecule has 0 saturated heterocycles. The first-order valence-corrected chi connectivity index (χ1v) is 5.84. The van der Waals surface area contributed by atoms with Gasteiger partial charge >= 0.3 is 0 Å². The fraction of sp³-hybridized carbons (Fsp3) is 0.333. The third-order valence-corrected chi connectivity index (χ3v) is 2.76. The van der Waals surface area contributed by atoms with Crippen molar-refractivity contribution in [2.24, 2.45) is 0 Å². The lowest BCUT2D eigenvalue weighted by Gasteiger charge is -2.12. The molecule has 0 saturated carbocycles. The number of nitro groups is 1. The molecular formula is C12H14N4O3. The number of rotatable bonds is 4. The Bertz CT molecular complexity index is 590. The molecule has 7 heteroatoms. The number of aromatic nitrogens is 3. The molecule has 0 amide bonds. The van der Waals surface area contributed by atoms with Crippen LogP contribution in [0, 0.1) is 10.1 Å². The molecule has 0 spiro atoms. The summed E-state index contributed by atoms with van der Waals surface area (Å²) in [5, 5.41) is 27.8. The highest BCUT2D eigenvalue weighted by atomic mass is 16.6. The lowest BCUT2D eigenvalue weighted by atomic mass is 10.2. The molecule has 0 atom stereocenters. The fourth-order valence-corrected chi connectivity index (χ4v) is 1.90. The van der Waals surface area contributed by atoms with Gasteiger partial charge in [0.25, 0.3) is 5.69 Å². The van der Waals surface area contributed by atoms with Gasteiger partial charge in [0.1, 0.15) is 6.61 Å². The van der Waals surface area contributed by atoms with Crippen molar-refractivity contribution >= 4 is 5.69 Å². The summed E-state index contributed by atoms with van der Waals surface area (Å²) < 4.78 is 1.81. The summed E-state index contributed by atoms with van der Waals surface area (Å²) in [5.74, 6) is 1.07. The van der Waals surface area contributed by atoms with Crippen LogP contribution in [0.5, 0.6) is 0 Å². The number of hydrogen-bond donors (Lipinski definition) is 1. The fourth-order valence-electron chi connectivity index (χ4n) is 1.90. The van der Waals surface area contributed by atoms with Gasteiger partial charge in [-0.25, -0.2) is 0 Å². The van der Waals surface area contributed by atoms with Gasteiger partial charge in [-0.05, 0) is 26.0 Å². The van der Waals surface area contributed by atoms with Crippen LogP contribution in [0.4, 0.5) is 5.69 Å². The molecule has 0 unspecified atom stereocenters. The van der Waals surface area contributed by atoms with E-state index in [9.17, 15) is 15.2 Å². The monoisotopic (exact) mass is 262 g/mol. The Labute approximate surface area is 109 Å². The van der Waals surface area contributed by atoms with Crippen LogP contribution in [0.3, 0.4) is 0 Å². The summed E-state index contributed by atoms with van der Waals surface area (Å²) in [6.45, 7) is 3.72. The van der Waals surface area contributed by atoms with Crippen LogP contribution in [0.25, 0.3) is 11.4 Å². The quantitative estimate of drug-likeness (QED) is 0.671. The molecule has 0 aliphatic carbocycles. The highest BCUT2D eigenvalue weighted by molar-refractivity contribution is 5.57. The summed E-state index contributed by atoms with van der Waals surface area (Å²) in [7, 11) is 0. The Morgan fingerprint density at radius 1 is 1.32 bits per heavy atom. The van der Waals surface area contributed by atoms with Crippen LogP contribution in [0.2, 0.25) is 0 Å². The van der Waals surface area contributed by atoms with Crippen molar-refractivity contribution < 1.29 is 10.0 Å². The maximum atomic E-state index is 10.6. The number of hydrogen-bond acceptors (Lipinski definition) is 5. The number of non-ortho nitro benzene ring substituents is 1. The van der Waals surface area contributed by atoms with Crippen LogP contribution in [-0.4, -0.2) is 24.8 Å². The largest absolute Gasteiger partial charge is 0.388 e. The minimum absolute atomic E-state index is 0.0294. The normalized spacial score (nSPS) is 10.9. The lowest BCUT2D eigenvalue weighted by molar-refractivity contribution is -0.384. The van der Waals surface area contributed by atoms with Gasteiger partial charge in [-0.3, -0.25) is 10.1 Å². The molecule has 1 aromatic carbocycles. The van der Waals surface area contributed by atoms with E-state index in [0.717, 1.165) is 5.56 Å². The second-order valence-electron chi connectivity index (χ2n) is 4.37. The number of benzene rings is 1. The van der Waals surface area contributed by atoms with Crippen LogP contribution < -0.4 is 0 Å². The van der Waals surface area contributed by atoms with E-state index < -0.39 is 4.92 Å². The van der Waals surface area contributed by atoms with Crippen LogP contribution in [-0.2, 0) is 6.61 Å². The Kier molecular flexibility index (Phi) is 3.57. The van der Waals surface area contributed by atoms with Crippen molar-refractivity contribution in [3.63, 3.8) is 0 Å². The van der Waals surface area contributed by atoms with Crippen LogP contribution >= 0.6 is 0 Å². The second-order valence-corrected chi connectivity index (χ2v) is 4.37. The SMILES string of the molecule is CC(C)n1c(CO)nnc1-c1ccc([N+](=O)[O-])cc1. The number of aliphatic hydroxyl groups excluding tert-OH is 1. The molecule has 0 aliphatic heterocycles. The first-order chi connectivity index (χ1) is 9.04. The molecule has 2 rings (SSSR count). The molecule has 2 aromatic rings. The molecule has 0 bridgehead atoms. The van der Waals surface area contributed by atoms with Crippen molar-refractivity contribution in [2.75, 3.05) is 0 Å². The van der Waals surface area contributed by atoms with E-state index in [1.54, 1.807) is 16.7 Å². The summed E-state index contributed by atoms with van der Waals surface area (Å²) in [6.07, 6.45) is 0. The number of nitro benzene ring substituents is 1. The minimum Gasteiger partial charge on any atom is -0.388 e. The summed E-state index contributed by atoms with van der Waals surface area (Å²) in [6, 6.07) is 6.19. The first kappa shape index (κ1) is 13.2. The van der Waals surface area contributed by atoms with Gasteiger partial charge < -0.3 is 9.67 Å². The topological polar surface area (TPSA) is 94.1 Å². The zero-order valence-corrected chi connectivity index (χ0v) is 10.6. The molecular weight excluding hydrogens is 248 g/mol. The Morgan fingerprint density at radius 3 is 2.42 bits per heavy atom. The smallest absolute Gasteiger partial charge is 0.269 e. The van der Waals surface area contributed by atoms with Crippen molar-refractivity contribution in [1.29, 1.82) is 0 Å². The summed E-state index contributed by atoms with van der Waals surface area (Å²) >= 11 is 0. The van der Waals surface area contributed by atoms with E-state index in [-0.39, 0.29) is 18.3 Å². The van der Waals surface area contributed by atoms with Crippen LogP contribution in [0.1, 0.15) is 25.7 Å². The average molecular weight is 262 g/mol. The van der Waals surface area contributed by atoms with Gasteiger partial charge in [-0.2, -0.15) is 0 Å². The van der Waals surface area contributed by atoms with E-state index in [1.165, 1.54) is 12.1 Å². The molecule has 0 radical (unpaired) electrons. The molecule has 0 fully saturated rings. The zero-order valence-electron chi connectivity index (χ0n) is 10.6. The highest BCUT2D eigenvalue weighted by Crippen LogP contribution is 2.24. The Balaban J connectivity index is 2.47. The molecule has 19 heavy (non-hydrogen) atoms. The summed E-state index contributed by atoms with van der Waals surface area (Å²) in [5.41, 5.74) is 0.758. The van der Waals surface area contributed by atoms with Gasteiger partial charge in [0, 0.05) is 23.7 Å². The zero-order chi connectivity index (χ0) is 14.0. The van der Waals surface area contributed by atoms with Crippen LogP contribution in [0.15, 0.2) is 24.3 Å². The predicted molar refractivity (Wildman–Crippen MR) is 68.4 cm³/mol. The average Bonchev–Trinajstić information content (AvgIpc) is 2.82. The highest BCUT2D eigenvalue weighted by Gasteiger charge is 2.16. The Morgan fingerprint density at radius 2 is 1.95 bits per heavy atom. The first-order valence-electron chi connectivity index (χ1n) is 5.84. The Hall–Kier alpha value is -2.28. The van der Waals surface area contributed by atoms with E-state index in [4.69, 9.17) is 0 Å². The molecule has 100 valence electrons. The van der Waals surface area contributed by atoms with E-state index in [2.05, 4.69) is 10.2 Å². The predicted octanol–water partition coefficient (Wildman–Crippen LogP) is 1.93. The van der Waals surface area contributed by atoms with Crippen molar-refractivity contribution in [2.45, 2.75) is 26.5 Å². The van der Waals surface area contributed by atoms with E-state index in [0.29, 0.717) is 11.6 Å². The molecule has 7 nitrogen and oxygen atoms in total. The van der Waals surface area contributed by atoms with Gasteiger partial charge in [-0.15, -0.1) is 10.2 Å². The molecule has 0 aliphatic rings. The van der Waals surface area contributed by atoms with Gasteiger partial charge in [0.05, 0.1) is 4.92 Å². The maximum absolute atomic E-state index is 10.6. The lowest BCUT2D eigenvalue weighted by Crippen LogP contribution is -2.08. The minimum atomic E-state index is -0.448. The molecule has 1 heterocycles. The molecule has 1 N–H and O–H groups in total. The van der Waals surface area contributed by atoms with E-state index in [1.807, 2.05) is 13.8 Å². The molecule has 1 aromatic heterocycles. The third-order valence-electron chi connectivity index (χ3n) is 2.76. The van der Waals surface area contributed by atoms with Gasteiger partial charge in [0.15, 0.2) is 11.6 Å². The van der Waals surface area contributed by atoms with Crippen molar-refractivity contribution in [3.05, 3.63) is 40.2 Å². The van der Waals surface area contributed by atoms with Gasteiger partial charge in [-0.1, -0.05) is 0 Å². The second kappa shape index (κ2) is 5.15. The number of nitrogens with zero attached hydrogens (tertiary/aromatic N) is 4. The number of aliphatic hydroxyl groups is 1.